The van der Waals surface area contributed by atoms with Gasteiger partial charge in [-0.15, -0.1) is 0 Å². The number of aliphatic hydroxyl groups excluding tert-OH is 1. The van der Waals surface area contributed by atoms with Crippen LogP contribution < -0.4 is 5.32 Å². The van der Waals surface area contributed by atoms with Gasteiger partial charge in [-0.3, -0.25) is 14.4 Å². The van der Waals surface area contributed by atoms with Crippen molar-refractivity contribution in [3.05, 3.63) is 64.4 Å². The lowest BCUT2D eigenvalue weighted by molar-refractivity contribution is -0.164. The average Bonchev–Trinajstić information content (AvgIpc) is 2.77. The molecule has 0 aromatic heterocycles. The molecule has 0 aliphatic carbocycles. The van der Waals surface area contributed by atoms with Crippen LogP contribution in [0.4, 0.5) is 10.1 Å². The largest absolute Gasteiger partial charge is 0.394 e. The molecule has 1 fully saturated rings. The summed E-state index contributed by atoms with van der Waals surface area (Å²) in [5.41, 5.74) is 1.35. The van der Waals surface area contributed by atoms with Gasteiger partial charge in [-0.05, 0) is 35.9 Å². The van der Waals surface area contributed by atoms with E-state index in [1.165, 1.54) is 21.9 Å². The average molecular weight is 464 g/mol. The Labute approximate surface area is 189 Å². The van der Waals surface area contributed by atoms with Crippen LogP contribution in [0, 0.1) is 5.82 Å². The summed E-state index contributed by atoms with van der Waals surface area (Å²) in [4.78, 5) is 39.5. The highest BCUT2D eigenvalue weighted by atomic mass is 35.5. The third kappa shape index (κ3) is 5.24. The van der Waals surface area contributed by atoms with E-state index < -0.39 is 23.9 Å². The summed E-state index contributed by atoms with van der Waals surface area (Å²) in [6, 6.07) is 9.62. The van der Waals surface area contributed by atoms with Crippen molar-refractivity contribution in [1.29, 1.82) is 0 Å². The maximum absolute atomic E-state index is 13.3. The summed E-state index contributed by atoms with van der Waals surface area (Å²) in [5.74, 6) is -1.71. The first-order chi connectivity index (χ1) is 15.2. The van der Waals surface area contributed by atoms with Gasteiger partial charge >= 0.3 is 0 Å². The van der Waals surface area contributed by atoms with Crippen molar-refractivity contribution < 1.29 is 28.6 Å². The molecule has 2 unspecified atom stereocenters. The Morgan fingerprint density at radius 3 is 2.53 bits per heavy atom. The number of rotatable bonds is 6. The fraction of sp³-hybridized carbons (Fsp3) is 0.318. The Kier molecular flexibility index (Phi) is 7.44. The van der Waals surface area contributed by atoms with Crippen LogP contribution in [-0.4, -0.2) is 72.5 Å². The van der Waals surface area contributed by atoms with Crippen LogP contribution in [-0.2, 0) is 14.3 Å². The molecule has 2 atom stereocenters. The number of likely N-dealkylation sites (N-methyl/N-ethyl adjacent to an activating group) is 1. The molecule has 0 bridgehead atoms. The fourth-order valence-corrected chi connectivity index (χ4v) is 3.49. The van der Waals surface area contributed by atoms with Crippen LogP contribution in [0.3, 0.4) is 0 Å². The Bertz CT molecular complexity index is 1020. The normalized spacial score (nSPS) is 18.4. The van der Waals surface area contributed by atoms with E-state index in [1.54, 1.807) is 38.4 Å². The minimum absolute atomic E-state index is 0.149. The second-order valence-corrected chi connectivity index (χ2v) is 7.90. The minimum Gasteiger partial charge on any atom is -0.394 e. The number of ether oxygens (including phenoxy) is 1. The number of nitrogens with one attached hydrogen (secondary N) is 1. The standard InChI is InChI=1S/C22H23ClFN3O5/c1-26(2)19(29)10-27-18(11-28)21(32-12-20(27)30)13-3-6-15(7-4-13)25-22(31)14-5-8-17(24)16(23)9-14/h3-9,18,21,28H,10-12H2,1-2H3,(H,25,31). The lowest BCUT2D eigenvalue weighted by atomic mass is 9.99. The van der Waals surface area contributed by atoms with Crippen LogP contribution in [0.15, 0.2) is 42.5 Å². The Hall–Kier alpha value is -3.01. The van der Waals surface area contributed by atoms with E-state index in [4.69, 9.17) is 16.3 Å². The molecule has 2 aromatic carbocycles. The summed E-state index contributed by atoms with van der Waals surface area (Å²) >= 11 is 5.72. The van der Waals surface area contributed by atoms with Crippen LogP contribution in [0.1, 0.15) is 22.0 Å². The second kappa shape index (κ2) is 10.1. The van der Waals surface area contributed by atoms with E-state index >= 15 is 0 Å². The number of hydrogen-bond donors (Lipinski definition) is 2. The van der Waals surface area contributed by atoms with Gasteiger partial charge in [0.05, 0.1) is 17.7 Å². The first-order valence-corrected chi connectivity index (χ1v) is 10.2. The predicted molar refractivity (Wildman–Crippen MR) is 116 cm³/mol. The maximum atomic E-state index is 13.3. The summed E-state index contributed by atoms with van der Waals surface area (Å²) in [6.45, 7) is -0.766. The Balaban J connectivity index is 1.73. The summed E-state index contributed by atoms with van der Waals surface area (Å²) < 4.78 is 18.9. The van der Waals surface area contributed by atoms with Crippen molar-refractivity contribution in [2.24, 2.45) is 0 Å². The van der Waals surface area contributed by atoms with Crippen molar-refractivity contribution in [3.63, 3.8) is 0 Å². The highest BCUT2D eigenvalue weighted by Crippen LogP contribution is 2.30. The van der Waals surface area contributed by atoms with E-state index in [2.05, 4.69) is 5.32 Å². The van der Waals surface area contributed by atoms with Gasteiger partial charge in [0, 0.05) is 25.3 Å². The number of aliphatic hydroxyl groups is 1. The van der Waals surface area contributed by atoms with Gasteiger partial charge < -0.3 is 25.0 Å². The molecule has 32 heavy (non-hydrogen) atoms. The molecule has 1 aliphatic rings. The number of carbonyl (C=O) groups is 3. The number of benzene rings is 2. The molecule has 8 nitrogen and oxygen atoms in total. The van der Waals surface area contributed by atoms with Gasteiger partial charge in [-0.1, -0.05) is 23.7 Å². The molecule has 170 valence electrons. The number of amides is 3. The quantitative estimate of drug-likeness (QED) is 0.683. The number of anilines is 1. The van der Waals surface area contributed by atoms with Gasteiger partial charge in [-0.25, -0.2) is 4.39 Å². The zero-order valence-electron chi connectivity index (χ0n) is 17.5. The number of morpholine rings is 1. The van der Waals surface area contributed by atoms with E-state index in [1.807, 2.05) is 0 Å². The predicted octanol–water partition coefficient (Wildman–Crippen LogP) is 2.08. The Morgan fingerprint density at radius 2 is 1.94 bits per heavy atom. The molecule has 1 heterocycles. The highest BCUT2D eigenvalue weighted by Gasteiger charge is 2.38. The van der Waals surface area contributed by atoms with Crippen LogP contribution in [0.2, 0.25) is 5.02 Å². The van der Waals surface area contributed by atoms with Gasteiger partial charge in [-0.2, -0.15) is 0 Å². The SMILES string of the molecule is CN(C)C(=O)CN1C(=O)COC(c2ccc(NC(=O)c3ccc(F)c(Cl)c3)cc2)C1CO. The third-order valence-electron chi connectivity index (χ3n) is 5.13. The third-order valence-corrected chi connectivity index (χ3v) is 5.42. The summed E-state index contributed by atoms with van der Waals surface area (Å²) in [6.07, 6.45) is -0.645. The maximum Gasteiger partial charge on any atom is 0.255 e. The van der Waals surface area contributed by atoms with Crippen molar-refractivity contribution in [2.75, 3.05) is 39.2 Å². The minimum atomic E-state index is -0.734. The summed E-state index contributed by atoms with van der Waals surface area (Å²) in [7, 11) is 3.18. The van der Waals surface area contributed by atoms with Crippen molar-refractivity contribution >= 4 is 35.0 Å². The zero-order valence-corrected chi connectivity index (χ0v) is 18.3. The molecule has 3 rings (SSSR count). The number of carbonyl (C=O) groups excluding carboxylic acids is 3. The number of hydrogen-bond acceptors (Lipinski definition) is 5. The van der Waals surface area contributed by atoms with E-state index in [0.717, 1.165) is 6.07 Å². The lowest BCUT2D eigenvalue weighted by Gasteiger charge is -2.40. The smallest absolute Gasteiger partial charge is 0.255 e. The van der Waals surface area contributed by atoms with Gasteiger partial charge in [0.25, 0.3) is 5.91 Å². The van der Waals surface area contributed by atoms with Crippen LogP contribution in [0.25, 0.3) is 0 Å². The highest BCUT2D eigenvalue weighted by molar-refractivity contribution is 6.31. The first kappa shape index (κ1) is 23.6. The van der Waals surface area contributed by atoms with Gasteiger partial charge in [0.15, 0.2) is 0 Å². The van der Waals surface area contributed by atoms with Gasteiger partial charge in [0.1, 0.15) is 25.1 Å². The molecular weight excluding hydrogens is 441 g/mol. The van der Waals surface area contributed by atoms with Gasteiger partial charge in [0.2, 0.25) is 11.8 Å². The first-order valence-electron chi connectivity index (χ1n) is 9.79. The molecule has 1 saturated heterocycles. The van der Waals surface area contributed by atoms with E-state index in [9.17, 15) is 23.9 Å². The van der Waals surface area contributed by atoms with E-state index in [0.29, 0.717) is 11.3 Å². The topological polar surface area (TPSA) is 99.2 Å². The monoisotopic (exact) mass is 463 g/mol. The second-order valence-electron chi connectivity index (χ2n) is 7.50. The van der Waals surface area contributed by atoms with Crippen LogP contribution >= 0.6 is 11.6 Å². The van der Waals surface area contributed by atoms with Crippen molar-refractivity contribution in [3.8, 4) is 0 Å². The van der Waals surface area contributed by atoms with Crippen LogP contribution in [0.5, 0.6) is 0 Å². The Morgan fingerprint density at radius 1 is 1.25 bits per heavy atom. The van der Waals surface area contributed by atoms with E-state index in [-0.39, 0.29) is 42.2 Å². The fourth-order valence-electron chi connectivity index (χ4n) is 3.31. The molecule has 0 radical (unpaired) electrons. The molecule has 0 spiro atoms. The molecular formula is C22H23ClFN3O5. The number of nitrogens with zero attached hydrogens (tertiary/aromatic N) is 2. The molecule has 0 saturated carbocycles. The number of halogens is 2. The van der Waals surface area contributed by atoms with Crippen molar-refractivity contribution in [1.82, 2.24) is 9.80 Å². The van der Waals surface area contributed by atoms with Crippen molar-refractivity contribution in [2.45, 2.75) is 12.1 Å². The molecule has 2 aromatic rings. The molecule has 2 N–H and O–H groups in total. The molecule has 10 heteroatoms. The lowest BCUT2D eigenvalue weighted by Crippen LogP contribution is -2.55. The summed E-state index contributed by atoms with van der Waals surface area (Å²) in [5, 5.41) is 12.5. The molecule has 3 amide bonds. The zero-order chi connectivity index (χ0) is 23.4. The molecule has 1 aliphatic heterocycles.